The Morgan fingerprint density at radius 2 is 1.69 bits per heavy atom. The predicted molar refractivity (Wildman–Crippen MR) is 113 cm³/mol. The number of hydrogen-bond donors (Lipinski definition) is 2. The minimum atomic E-state index is -0.509. The number of para-hydroxylation sites is 1. The van der Waals surface area contributed by atoms with Crippen LogP contribution in [0.15, 0.2) is 81.6 Å². The summed E-state index contributed by atoms with van der Waals surface area (Å²) in [5, 5.41) is 18.3. The Labute approximate surface area is 171 Å². The fourth-order valence-electron chi connectivity index (χ4n) is 2.86. The molecule has 0 radical (unpaired) electrons. The first-order valence-electron chi connectivity index (χ1n) is 8.79. The van der Waals surface area contributed by atoms with Crippen LogP contribution in [0.4, 0.5) is 17.1 Å². The van der Waals surface area contributed by atoms with Crippen LogP contribution < -0.4 is 10.7 Å². The molecule has 0 unspecified atom stereocenters. The van der Waals surface area contributed by atoms with Gasteiger partial charge in [0.25, 0.3) is 11.6 Å². The molecule has 1 amide bonds. The number of fused-ring (bicyclic) bond motifs is 2. The molecule has 1 aliphatic rings. The lowest BCUT2D eigenvalue weighted by Crippen LogP contribution is -2.19. The lowest BCUT2D eigenvalue weighted by molar-refractivity contribution is -0.384. The van der Waals surface area contributed by atoms with E-state index >= 15 is 0 Å². The summed E-state index contributed by atoms with van der Waals surface area (Å²) in [5.74, 6) is -0.431. The Morgan fingerprint density at radius 3 is 2.45 bits per heavy atom. The van der Waals surface area contributed by atoms with Gasteiger partial charge in [-0.25, -0.2) is 5.43 Å². The molecule has 4 rings (SSSR count). The van der Waals surface area contributed by atoms with Crippen LogP contribution in [-0.4, -0.2) is 16.5 Å². The summed E-state index contributed by atoms with van der Waals surface area (Å²) in [4.78, 5) is 24.7. The molecule has 0 saturated heterocycles. The van der Waals surface area contributed by atoms with Crippen LogP contribution in [0.1, 0.15) is 22.8 Å². The van der Waals surface area contributed by atoms with Crippen molar-refractivity contribution in [3.05, 3.63) is 88.0 Å². The zero-order valence-electron chi connectivity index (χ0n) is 15.4. The average Bonchev–Trinajstić information content (AvgIpc) is 2.75. The van der Waals surface area contributed by atoms with Gasteiger partial charge in [-0.15, -0.1) is 0 Å². The smallest absolute Gasteiger partial charge is 0.271 e. The second-order valence-corrected chi connectivity index (χ2v) is 7.46. The van der Waals surface area contributed by atoms with Gasteiger partial charge in [-0.05, 0) is 48.9 Å². The van der Waals surface area contributed by atoms with Crippen LogP contribution in [0.3, 0.4) is 0 Å². The van der Waals surface area contributed by atoms with Gasteiger partial charge in [-0.3, -0.25) is 14.9 Å². The van der Waals surface area contributed by atoms with Crippen molar-refractivity contribution in [2.24, 2.45) is 5.10 Å². The molecule has 0 saturated carbocycles. The number of nitro benzene ring substituents is 1. The number of anilines is 2. The molecule has 0 aromatic heterocycles. The molecule has 7 nitrogen and oxygen atoms in total. The highest BCUT2D eigenvalue weighted by Crippen LogP contribution is 2.44. The maximum absolute atomic E-state index is 12.2. The first-order chi connectivity index (χ1) is 14.0. The Morgan fingerprint density at radius 1 is 1.00 bits per heavy atom. The molecular weight excluding hydrogens is 388 g/mol. The predicted octanol–water partition coefficient (Wildman–Crippen LogP) is 4.96. The van der Waals surface area contributed by atoms with Crippen molar-refractivity contribution in [1.82, 2.24) is 5.43 Å². The van der Waals surface area contributed by atoms with Gasteiger partial charge in [0.2, 0.25) is 0 Å². The topological polar surface area (TPSA) is 96.6 Å². The molecule has 0 aliphatic carbocycles. The molecule has 0 bridgehead atoms. The summed E-state index contributed by atoms with van der Waals surface area (Å²) in [5.41, 5.74) is 6.30. The van der Waals surface area contributed by atoms with E-state index in [0.717, 1.165) is 21.8 Å². The van der Waals surface area contributed by atoms with E-state index in [4.69, 9.17) is 0 Å². The number of rotatable bonds is 4. The molecule has 0 atom stereocenters. The van der Waals surface area contributed by atoms with Gasteiger partial charge in [-0.1, -0.05) is 30.0 Å². The number of carbonyl (C=O) groups excluding carboxylic acids is 1. The average molecular weight is 404 g/mol. The largest absolute Gasteiger partial charge is 0.354 e. The van der Waals surface area contributed by atoms with Crippen molar-refractivity contribution in [2.45, 2.75) is 16.7 Å². The van der Waals surface area contributed by atoms with Gasteiger partial charge in [0, 0.05) is 27.5 Å². The molecule has 2 N–H and O–H groups in total. The molecule has 8 heteroatoms. The monoisotopic (exact) mass is 404 g/mol. The third kappa shape index (κ3) is 3.97. The zero-order chi connectivity index (χ0) is 20.4. The van der Waals surface area contributed by atoms with Gasteiger partial charge in [0.1, 0.15) is 0 Å². The van der Waals surface area contributed by atoms with E-state index in [2.05, 4.69) is 21.9 Å². The van der Waals surface area contributed by atoms with Crippen molar-refractivity contribution < 1.29 is 9.72 Å². The lowest BCUT2D eigenvalue weighted by atomic mass is 10.1. The van der Waals surface area contributed by atoms with E-state index < -0.39 is 10.8 Å². The molecule has 3 aromatic carbocycles. The van der Waals surface area contributed by atoms with Crippen molar-refractivity contribution in [3.8, 4) is 0 Å². The summed E-state index contributed by atoms with van der Waals surface area (Å²) in [6, 6.07) is 19.5. The maximum atomic E-state index is 12.2. The number of hydrazone groups is 1. The zero-order valence-corrected chi connectivity index (χ0v) is 16.2. The molecular formula is C21H16N4O3S. The molecule has 29 heavy (non-hydrogen) atoms. The van der Waals surface area contributed by atoms with Gasteiger partial charge >= 0.3 is 0 Å². The van der Waals surface area contributed by atoms with Crippen LogP contribution in [0.2, 0.25) is 0 Å². The summed E-state index contributed by atoms with van der Waals surface area (Å²) in [6.45, 7) is 1.81. The first-order valence-corrected chi connectivity index (χ1v) is 9.60. The quantitative estimate of drug-likeness (QED) is 0.285. The van der Waals surface area contributed by atoms with Crippen molar-refractivity contribution in [1.29, 1.82) is 0 Å². The second-order valence-electron chi connectivity index (χ2n) is 6.38. The van der Waals surface area contributed by atoms with Gasteiger partial charge in [-0.2, -0.15) is 5.10 Å². The van der Waals surface area contributed by atoms with E-state index in [-0.39, 0.29) is 5.69 Å². The lowest BCUT2D eigenvalue weighted by Gasteiger charge is -2.21. The van der Waals surface area contributed by atoms with Crippen molar-refractivity contribution >= 4 is 40.4 Å². The third-order valence-corrected chi connectivity index (χ3v) is 5.59. The van der Waals surface area contributed by atoms with Gasteiger partial charge in [0.05, 0.1) is 22.0 Å². The van der Waals surface area contributed by atoms with E-state index in [9.17, 15) is 14.9 Å². The Kier molecular flexibility index (Phi) is 5.01. The molecule has 1 heterocycles. The van der Waals surface area contributed by atoms with Crippen LogP contribution in [0, 0.1) is 10.1 Å². The van der Waals surface area contributed by atoms with Gasteiger partial charge < -0.3 is 5.32 Å². The molecule has 1 aliphatic heterocycles. The Balaban J connectivity index is 1.48. The van der Waals surface area contributed by atoms with E-state index in [0.29, 0.717) is 11.3 Å². The van der Waals surface area contributed by atoms with Crippen LogP contribution in [0.25, 0.3) is 0 Å². The Hall–Kier alpha value is -3.65. The standard InChI is InChI=1S/C21H16N4O3S/c1-13(23-24-21(26)14-6-9-16(10-7-14)25(27)28)15-8-11-20-18(12-15)22-17-4-2-3-5-19(17)29-20/h2-12,22H,1H3,(H,24,26). The minimum absolute atomic E-state index is 0.0674. The highest BCUT2D eigenvalue weighted by atomic mass is 32.2. The maximum Gasteiger partial charge on any atom is 0.271 e. The third-order valence-electron chi connectivity index (χ3n) is 4.44. The fraction of sp³-hybridized carbons (Fsp3) is 0.0476. The summed E-state index contributed by atoms with van der Waals surface area (Å²) in [7, 11) is 0. The SMILES string of the molecule is CC(=NNC(=O)c1ccc([N+](=O)[O-])cc1)c1ccc2c(c1)Nc1ccccc1S2. The van der Waals surface area contributed by atoms with Crippen molar-refractivity contribution in [2.75, 3.05) is 5.32 Å². The fourth-order valence-corrected chi connectivity index (χ4v) is 3.83. The number of nitrogens with one attached hydrogen (secondary N) is 2. The highest BCUT2D eigenvalue weighted by Gasteiger charge is 2.16. The number of carbonyl (C=O) groups is 1. The van der Waals surface area contributed by atoms with E-state index in [1.165, 1.54) is 29.2 Å². The number of amides is 1. The molecule has 144 valence electrons. The second kappa shape index (κ2) is 7.76. The normalized spacial score (nSPS) is 12.4. The minimum Gasteiger partial charge on any atom is -0.354 e. The van der Waals surface area contributed by atoms with Crippen molar-refractivity contribution in [3.63, 3.8) is 0 Å². The van der Waals surface area contributed by atoms with Crippen LogP contribution in [-0.2, 0) is 0 Å². The highest BCUT2D eigenvalue weighted by molar-refractivity contribution is 7.99. The summed E-state index contributed by atoms with van der Waals surface area (Å²) >= 11 is 1.70. The van der Waals surface area contributed by atoms with E-state index in [1.54, 1.807) is 11.8 Å². The Bertz CT molecular complexity index is 1140. The van der Waals surface area contributed by atoms with Gasteiger partial charge in [0.15, 0.2) is 0 Å². The number of nitrogens with zero attached hydrogens (tertiary/aromatic N) is 2. The van der Waals surface area contributed by atoms with Crippen LogP contribution in [0.5, 0.6) is 0 Å². The number of nitro groups is 1. The summed E-state index contributed by atoms with van der Waals surface area (Å²) < 4.78 is 0. The molecule has 3 aromatic rings. The summed E-state index contributed by atoms with van der Waals surface area (Å²) in [6.07, 6.45) is 0. The molecule has 0 spiro atoms. The number of benzene rings is 3. The number of non-ortho nitro benzene ring substituents is 1. The van der Waals surface area contributed by atoms with Crippen LogP contribution >= 0.6 is 11.8 Å². The number of hydrogen-bond acceptors (Lipinski definition) is 6. The van der Waals surface area contributed by atoms with E-state index in [1.807, 2.05) is 43.3 Å². The molecule has 0 fully saturated rings. The first kappa shape index (κ1) is 18.7.